The average molecular weight is 398 g/mol. The molecule has 1 saturated carbocycles. The molecule has 0 radical (unpaired) electrons. The molecule has 3 N–H and O–H groups in total. The molecule has 1 aromatic rings. The summed E-state index contributed by atoms with van der Waals surface area (Å²) < 4.78 is 6.21. The molecule has 1 aliphatic carbocycles. The van der Waals surface area contributed by atoms with Crippen LogP contribution in [0, 0.1) is 23.7 Å². The molecule has 1 aromatic carbocycles. The first-order valence-corrected chi connectivity index (χ1v) is 10.4. The third-order valence-corrected chi connectivity index (χ3v) is 6.04. The van der Waals surface area contributed by atoms with E-state index in [0.29, 0.717) is 25.7 Å². The van der Waals surface area contributed by atoms with Crippen LogP contribution >= 0.6 is 0 Å². The number of aliphatic hydroxyl groups is 2. The summed E-state index contributed by atoms with van der Waals surface area (Å²) in [6.45, 7) is 3.75. The van der Waals surface area contributed by atoms with E-state index < -0.39 is 18.2 Å². The lowest BCUT2D eigenvalue weighted by atomic mass is 9.86. The molecular formula is C24H30O5. The molecule has 1 fully saturated rings. The summed E-state index contributed by atoms with van der Waals surface area (Å²) in [7, 11) is 0. The van der Waals surface area contributed by atoms with E-state index in [1.807, 2.05) is 31.2 Å². The molecule has 0 amide bonds. The summed E-state index contributed by atoms with van der Waals surface area (Å²) >= 11 is 0. The van der Waals surface area contributed by atoms with Crippen molar-refractivity contribution < 1.29 is 24.9 Å². The maximum atomic E-state index is 10.8. The van der Waals surface area contributed by atoms with Crippen LogP contribution in [0.5, 0.6) is 5.75 Å². The van der Waals surface area contributed by atoms with Crippen LogP contribution in [0.1, 0.15) is 56.6 Å². The number of para-hydroxylation sites is 1. The van der Waals surface area contributed by atoms with Gasteiger partial charge in [0.2, 0.25) is 0 Å². The highest BCUT2D eigenvalue weighted by Crippen LogP contribution is 2.52. The normalized spacial score (nSPS) is 26.9. The number of aliphatic hydroxyl groups excluding tert-OH is 2. The number of aliphatic carboxylic acids is 1. The number of carboxylic acid groups (broad SMARTS) is 1. The Balaban J connectivity index is 1.75. The molecule has 0 saturated heterocycles. The fourth-order valence-electron chi connectivity index (χ4n) is 4.41. The van der Waals surface area contributed by atoms with Crippen LogP contribution in [0.25, 0.3) is 0 Å². The number of hydrogen-bond donors (Lipinski definition) is 3. The molecule has 6 atom stereocenters. The minimum Gasteiger partial charge on any atom is -0.489 e. The molecule has 2 aliphatic rings. The van der Waals surface area contributed by atoms with Gasteiger partial charge >= 0.3 is 5.97 Å². The van der Waals surface area contributed by atoms with Gasteiger partial charge in [-0.2, -0.15) is 0 Å². The van der Waals surface area contributed by atoms with Crippen molar-refractivity contribution in [3.8, 4) is 17.6 Å². The first-order valence-electron chi connectivity index (χ1n) is 10.4. The molecular weight excluding hydrogens is 368 g/mol. The number of carbonyl (C=O) groups is 1. The zero-order chi connectivity index (χ0) is 21.0. The summed E-state index contributed by atoms with van der Waals surface area (Å²) in [4.78, 5) is 10.8. The maximum absolute atomic E-state index is 10.8. The lowest BCUT2D eigenvalue weighted by Crippen LogP contribution is -2.19. The highest BCUT2D eigenvalue weighted by molar-refractivity contribution is 5.66. The minimum atomic E-state index is -0.790. The molecule has 1 heterocycles. The van der Waals surface area contributed by atoms with Gasteiger partial charge in [-0.3, -0.25) is 4.79 Å². The van der Waals surface area contributed by atoms with Crippen molar-refractivity contribution in [1.82, 2.24) is 0 Å². The smallest absolute Gasteiger partial charge is 0.303 e. The largest absolute Gasteiger partial charge is 0.489 e. The Morgan fingerprint density at radius 1 is 1.41 bits per heavy atom. The first-order chi connectivity index (χ1) is 13.9. The number of benzene rings is 1. The second-order valence-corrected chi connectivity index (χ2v) is 8.13. The summed E-state index contributed by atoms with van der Waals surface area (Å²) in [5.41, 5.74) is 2.11. The van der Waals surface area contributed by atoms with Crippen LogP contribution in [-0.2, 0) is 11.2 Å². The van der Waals surface area contributed by atoms with Gasteiger partial charge in [0.1, 0.15) is 11.9 Å². The summed E-state index contributed by atoms with van der Waals surface area (Å²) in [5.74, 6) is 5.87. The van der Waals surface area contributed by atoms with Crippen LogP contribution in [0.3, 0.4) is 0 Å². The summed E-state index contributed by atoms with van der Waals surface area (Å²) in [5, 5.41) is 29.9. The van der Waals surface area contributed by atoms with Crippen molar-refractivity contribution in [1.29, 1.82) is 0 Å². The number of aryl methyl sites for hydroxylation is 1. The topological polar surface area (TPSA) is 87.0 Å². The maximum Gasteiger partial charge on any atom is 0.303 e. The van der Waals surface area contributed by atoms with Crippen LogP contribution < -0.4 is 4.74 Å². The van der Waals surface area contributed by atoms with E-state index in [9.17, 15) is 15.0 Å². The molecule has 0 aromatic heterocycles. The van der Waals surface area contributed by atoms with Crippen LogP contribution in [0.4, 0.5) is 0 Å². The lowest BCUT2D eigenvalue weighted by Gasteiger charge is -2.19. The molecule has 0 bridgehead atoms. The summed E-state index contributed by atoms with van der Waals surface area (Å²) in [6.07, 6.45) is 5.07. The number of rotatable bonds is 8. The van der Waals surface area contributed by atoms with Crippen LogP contribution in [0.15, 0.2) is 30.4 Å². The molecule has 1 aliphatic heterocycles. The fraction of sp³-hybridized carbons (Fsp3) is 0.542. The number of fused-ring (bicyclic) bond motifs is 3. The predicted octanol–water partition coefficient (Wildman–Crippen LogP) is 3.29. The van der Waals surface area contributed by atoms with Crippen molar-refractivity contribution >= 4 is 5.97 Å². The van der Waals surface area contributed by atoms with Gasteiger partial charge in [-0.15, -0.1) is 11.8 Å². The van der Waals surface area contributed by atoms with Gasteiger partial charge in [-0.25, -0.2) is 0 Å². The van der Waals surface area contributed by atoms with E-state index in [4.69, 9.17) is 9.84 Å². The third kappa shape index (κ3) is 4.83. The minimum absolute atomic E-state index is 0.0287. The fourth-order valence-corrected chi connectivity index (χ4v) is 4.41. The van der Waals surface area contributed by atoms with Crippen molar-refractivity contribution in [3.63, 3.8) is 0 Å². The molecule has 4 unspecified atom stereocenters. The van der Waals surface area contributed by atoms with Gasteiger partial charge in [0.25, 0.3) is 0 Å². The van der Waals surface area contributed by atoms with Gasteiger partial charge in [0, 0.05) is 36.7 Å². The average Bonchev–Trinajstić information content (AvgIpc) is 3.19. The first kappa shape index (κ1) is 21.4. The molecule has 156 valence electrons. The van der Waals surface area contributed by atoms with Crippen LogP contribution in [-0.4, -0.2) is 39.6 Å². The quantitative estimate of drug-likeness (QED) is 0.462. The van der Waals surface area contributed by atoms with Crippen molar-refractivity contribution in [2.75, 3.05) is 0 Å². The second kappa shape index (κ2) is 9.47. The van der Waals surface area contributed by atoms with Gasteiger partial charge < -0.3 is 20.1 Å². The highest BCUT2D eigenvalue weighted by Gasteiger charge is 2.48. The lowest BCUT2D eigenvalue weighted by molar-refractivity contribution is -0.137. The standard InChI is InChI=1S/C24H30O5/c1-3-4-7-15(2)19(25)13-12-17-20(26)14-21-23(17)18-10-5-8-16(24(18)29-21)9-6-11-22(27)28/h5,8,10,12-13,15,17,19-21,23,25-26H,6-7,9,11,14H2,1-2H3,(H,27,28)/b13-12+/t15-,17?,19+,20?,21?,23?/m0/s1. The van der Waals surface area contributed by atoms with E-state index in [-0.39, 0.29) is 30.3 Å². The van der Waals surface area contributed by atoms with E-state index in [1.54, 1.807) is 13.0 Å². The Morgan fingerprint density at radius 3 is 2.93 bits per heavy atom. The predicted molar refractivity (Wildman–Crippen MR) is 111 cm³/mol. The van der Waals surface area contributed by atoms with Gasteiger partial charge in [0.05, 0.1) is 12.2 Å². The zero-order valence-corrected chi connectivity index (χ0v) is 17.0. The second-order valence-electron chi connectivity index (χ2n) is 8.13. The summed E-state index contributed by atoms with van der Waals surface area (Å²) in [6, 6.07) is 6.01. The number of carboxylic acids is 1. The molecule has 5 heteroatoms. The molecule has 5 nitrogen and oxygen atoms in total. The Hall–Kier alpha value is -2.29. The Kier molecular flexibility index (Phi) is 7.00. The number of ether oxygens (including phenoxy) is 1. The SMILES string of the molecule is CC#CC[C@H](C)[C@H](O)/C=C/C1C(O)CC2Oc3c(CCCC(=O)O)cccc3C21. The Bertz CT molecular complexity index is 818. The molecule has 0 spiro atoms. The monoisotopic (exact) mass is 398 g/mol. The van der Waals surface area contributed by atoms with Gasteiger partial charge in [-0.05, 0) is 31.2 Å². The van der Waals surface area contributed by atoms with E-state index in [0.717, 1.165) is 16.9 Å². The van der Waals surface area contributed by atoms with Gasteiger partial charge in [0.15, 0.2) is 0 Å². The Labute approximate surface area is 172 Å². The Morgan fingerprint density at radius 2 is 2.21 bits per heavy atom. The molecule has 29 heavy (non-hydrogen) atoms. The van der Waals surface area contributed by atoms with E-state index >= 15 is 0 Å². The van der Waals surface area contributed by atoms with Crippen molar-refractivity contribution in [2.45, 2.75) is 70.2 Å². The molecule has 3 rings (SSSR count). The van der Waals surface area contributed by atoms with Gasteiger partial charge in [-0.1, -0.05) is 37.3 Å². The zero-order valence-electron chi connectivity index (χ0n) is 17.0. The van der Waals surface area contributed by atoms with Crippen LogP contribution in [0.2, 0.25) is 0 Å². The van der Waals surface area contributed by atoms with E-state index in [1.165, 1.54) is 0 Å². The number of hydrogen-bond acceptors (Lipinski definition) is 4. The highest BCUT2D eigenvalue weighted by atomic mass is 16.5. The van der Waals surface area contributed by atoms with Crippen molar-refractivity contribution in [3.05, 3.63) is 41.5 Å². The van der Waals surface area contributed by atoms with Crippen molar-refractivity contribution in [2.24, 2.45) is 11.8 Å². The van der Waals surface area contributed by atoms with E-state index in [2.05, 4.69) is 11.8 Å². The third-order valence-electron chi connectivity index (χ3n) is 6.04.